The van der Waals surface area contributed by atoms with Gasteiger partial charge in [-0.1, -0.05) is 0 Å². The van der Waals surface area contributed by atoms with Crippen LogP contribution in [-0.4, -0.2) is 37.3 Å². The second-order valence-electron chi connectivity index (χ2n) is 6.86. The zero-order chi connectivity index (χ0) is 20.1. The van der Waals surface area contributed by atoms with E-state index in [0.29, 0.717) is 29.8 Å². The van der Waals surface area contributed by atoms with Gasteiger partial charge >= 0.3 is 0 Å². The van der Waals surface area contributed by atoms with Crippen molar-refractivity contribution in [1.82, 2.24) is 24.8 Å². The summed E-state index contributed by atoms with van der Waals surface area (Å²) in [6, 6.07) is 5.29. The quantitative estimate of drug-likeness (QED) is 0.664. The number of hydrogen-bond acceptors (Lipinski definition) is 7. The highest BCUT2D eigenvalue weighted by molar-refractivity contribution is 5.91. The molecule has 8 nitrogen and oxygen atoms in total. The summed E-state index contributed by atoms with van der Waals surface area (Å²) in [7, 11) is 0. The fourth-order valence-electron chi connectivity index (χ4n) is 3.40. The van der Waals surface area contributed by atoms with Crippen molar-refractivity contribution in [1.29, 1.82) is 0 Å². The largest absolute Gasteiger partial charge is 0.465 e. The Bertz CT molecular complexity index is 988. The Hall–Kier alpha value is -3.55. The van der Waals surface area contributed by atoms with Crippen molar-refractivity contribution >= 4 is 23.6 Å². The molecule has 0 bridgehead atoms. The van der Waals surface area contributed by atoms with Crippen LogP contribution in [0.2, 0.25) is 0 Å². The predicted molar refractivity (Wildman–Crippen MR) is 108 cm³/mol. The standard InChI is InChI=1S/C21H22N6O2/c1-15-13-18(25-19-14-22-9-10-23-19)26-21(24-15)17-6-2-3-11-27(17)20(28)8-7-16-5-4-12-29-16/h4-5,7-10,12-14,17H,2-3,6,11H2,1H3,(H,23,24,25,26)/b8-7+. The molecule has 1 N–H and O–H groups in total. The Kier molecular flexibility index (Phi) is 5.60. The number of amides is 1. The Morgan fingerprint density at radius 1 is 1.28 bits per heavy atom. The minimum absolute atomic E-state index is 0.0698. The van der Waals surface area contributed by atoms with Gasteiger partial charge in [-0.25, -0.2) is 15.0 Å². The summed E-state index contributed by atoms with van der Waals surface area (Å²) in [6.07, 6.45) is 12.5. The van der Waals surface area contributed by atoms with Crippen molar-refractivity contribution in [3.63, 3.8) is 0 Å². The Labute approximate surface area is 168 Å². The number of piperidine rings is 1. The van der Waals surface area contributed by atoms with Crippen LogP contribution in [0.5, 0.6) is 0 Å². The molecule has 0 spiro atoms. The number of carbonyl (C=O) groups is 1. The highest BCUT2D eigenvalue weighted by atomic mass is 16.3. The number of furan rings is 1. The molecule has 1 aliphatic heterocycles. The molecule has 1 aliphatic rings. The van der Waals surface area contributed by atoms with Gasteiger partial charge in [-0.3, -0.25) is 9.78 Å². The van der Waals surface area contributed by atoms with Crippen molar-refractivity contribution < 1.29 is 9.21 Å². The minimum Gasteiger partial charge on any atom is -0.465 e. The molecular formula is C21H22N6O2. The summed E-state index contributed by atoms with van der Waals surface area (Å²) < 4.78 is 5.27. The highest BCUT2D eigenvalue weighted by Gasteiger charge is 2.29. The van der Waals surface area contributed by atoms with Gasteiger partial charge in [0.2, 0.25) is 5.91 Å². The monoisotopic (exact) mass is 390 g/mol. The van der Waals surface area contributed by atoms with Crippen LogP contribution in [0.3, 0.4) is 0 Å². The van der Waals surface area contributed by atoms with E-state index in [4.69, 9.17) is 4.42 Å². The molecule has 1 amide bonds. The van der Waals surface area contributed by atoms with Crippen LogP contribution in [0.25, 0.3) is 6.08 Å². The summed E-state index contributed by atoms with van der Waals surface area (Å²) in [4.78, 5) is 32.2. The van der Waals surface area contributed by atoms with Crippen LogP contribution in [0.15, 0.2) is 53.5 Å². The third-order valence-electron chi connectivity index (χ3n) is 4.71. The number of aryl methyl sites for hydroxylation is 1. The summed E-state index contributed by atoms with van der Waals surface area (Å²) in [5.74, 6) is 2.45. The molecule has 0 aliphatic carbocycles. The van der Waals surface area contributed by atoms with Crippen LogP contribution in [0.4, 0.5) is 11.6 Å². The number of aromatic nitrogens is 4. The van der Waals surface area contributed by atoms with Crippen molar-refractivity contribution in [3.8, 4) is 0 Å². The number of anilines is 2. The lowest BCUT2D eigenvalue weighted by Gasteiger charge is -2.34. The fourth-order valence-corrected chi connectivity index (χ4v) is 3.40. The van der Waals surface area contributed by atoms with E-state index >= 15 is 0 Å². The molecule has 3 aromatic rings. The van der Waals surface area contributed by atoms with E-state index < -0.39 is 0 Å². The van der Waals surface area contributed by atoms with Gasteiger partial charge in [0.1, 0.15) is 17.4 Å². The second kappa shape index (κ2) is 8.64. The molecule has 1 fully saturated rings. The predicted octanol–water partition coefficient (Wildman–Crippen LogP) is 3.68. The average Bonchev–Trinajstić information content (AvgIpc) is 3.26. The molecule has 8 heteroatoms. The summed E-state index contributed by atoms with van der Waals surface area (Å²) in [6.45, 7) is 2.59. The van der Waals surface area contributed by atoms with Crippen LogP contribution < -0.4 is 5.32 Å². The fraction of sp³-hybridized carbons (Fsp3) is 0.286. The number of nitrogens with one attached hydrogen (secondary N) is 1. The van der Waals surface area contributed by atoms with Gasteiger partial charge < -0.3 is 14.6 Å². The molecule has 1 unspecified atom stereocenters. The molecule has 0 aromatic carbocycles. The number of rotatable bonds is 5. The van der Waals surface area contributed by atoms with E-state index in [-0.39, 0.29) is 11.9 Å². The SMILES string of the molecule is Cc1cc(Nc2cnccn2)nc(C2CCCCN2C(=O)/C=C/c2ccco2)n1. The number of likely N-dealkylation sites (tertiary alicyclic amines) is 1. The first-order valence-electron chi connectivity index (χ1n) is 9.60. The minimum atomic E-state index is -0.167. The molecule has 1 atom stereocenters. The second-order valence-corrected chi connectivity index (χ2v) is 6.86. The molecule has 4 heterocycles. The molecule has 148 valence electrons. The van der Waals surface area contributed by atoms with Crippen molar-refractivity contribution in [3.05, 3.63) is 66.4 Å². The number of carbonyl (C=O) groups excluding carboxylic acids is 1. The maximum atomic E-state index is 12.8. The Morgan fingerprint density at radius 3 is 3.00 bits per heavy atom. The molecule has 1 saturated heterocycles. The topological polar surface area (TPSA) is 97.0 Å². The van der Waals surface area contributed by atoms with Gasteiger partial charge in [-0.15, -0.1) is 0 Å². The first-order chi connectivity index (χ1) is 14.2. The van der Waals surface area contributed by atoms with E-state index in [1.54, 1.807) is 43.1 Å². The smallest absolute Gasteiger partial charge is 0.247 e. The maximum Gasteiger partial charge on any atom is 0.247 e. The lowest BCUT2D eigenvalue weighted by molar-refractivity contribution is -0.129. The van der Waals surface area contributed by atoms with Crippen molar-refractivity contribution in [2.24, 2.45) is 0 Å². The number of hydrogen-bond donors (Lipinski definition) is 1. The first-order valence-corrected chi connectivity index (χ1v) is 9.60. The van der Waals surface area contributed by atoms with Gasteiger partial charge in [0, 0.05) is 36.8 Å². The van der Waals surface area contributed by atoms with Crippen molar-refractivity contribution in [2.75, 3.05) is 11.9 Å². The van der Waals surface area contributed by atoms with E-state index in [1.807, 2.05) is 24.0 Å². The highest BCUT2D eigenvalue weighted by Crippen LogP contribution is 2.30. The lowest BCUT2D eigenvalue weighted by atomic mass is 10.0. The van der Waals surface area contributed by atoms with Gasteiger partial charge in [0.05, 0.1) is 18.5 Å². The Balaban J connectivity index is 1.57. The zero-order valence-corrected chi connectivity index (χ0v) is 16.2. The van der Waals surface area contributed by atoms with Gasteiger partial charge in [0.15, 0.2) is 5.82 Å². The molecule has 0 radical (unpaired) electrons. The third-order valence-corrected chi connectivity index (χ3v) is 4.71. The summed E-state index contributed by atoms with van der Waals surface area (Å²) in [5, 5.41) is 3.16. The maximum absolute atomic E-state index is 12.8. The van der Waals surface area contributed by atoms with Gasteiger partial charge in [0.25, 0.3) is 0 Å². The van der Waals surface area contributed by atoms with Crippen molar-refractivity contribution in [2.45, 2.75) is 32.2 Å². The van der Waals surface area contributed by atoms with Crippen LogP contribution in [-0.2, 0) is 4.79 Å². The van der Waals surface area contributed by atoms with Gasteiger partial charge in [-0.2, -0.15) is 0 Å². The van der Waals surface area contributed by atoms with E-state index in [9.17, 15) is 4.79 Å². The van der Waals surface area contributed by atoms with E-state index in [0.717, 1.165) is 25.0 Å². The zero-order valence-electron chi connectivity index (χ0n) is 16.2. The molecule has 29 heavy (non-hydrogen) atoms. The summed E-state index contributed by atoms with van der Waals surface area (Å²) in [5.41, 5.74) is 0.825. The normalized spacial score (nSPS) is 16.9. The van der Waals surface area contributed by atoms with Crippen LogP contribution in [0, 0.1) is 6.92 Å². The first kappa shape index (κ1) is 18.8. The Morgan fingerprint density at radius 2 is 2.21 bits per heavy atom. The molecule has 4 rings (SSSR count). The van der Waals surface area contributed by atoms with E-state index in [1.165, 1.54) is 0 Å². The van der Waals surface area contributed by atoms with Gasteiger partial charge in [-0.05, 0) is 44.4 Å². The lowest BCUT2D eigenvalue weighted by Crippen LogP contribution is -2.38. The molecule has 0 saturated carbocycles. The number of nitrogens with zero attached hydrogens (tertiary/aromatic N) is 5. The third kappa shape index (κ3) is 4.66. The average molecular weight is 390 g/mol. The molecule has 3 aromatic heterocycles. The molecular weight excluding hydrogens is 368 g/mol. The van der Waals surface area contributed by atoms with Crippen LogP contribution >= 0.6 is 0 Å². The van der Waals surface area contributed by atoms with Crippen LogP contribution in [0.1, 0.15) is 42.6 Å². The summed E-state index contributed by atoms with van der Waals surface area (Å²) >= 11 is 0. The van der Waals surface area contributed by atoms with E-state index in [2.05, 4.69) is 25.3 Å².